The van der Waals surface area contributed by atoms with E-state index in [1.807, 2.05) is 13.8 Å². The van der Waals surface area contributed by atoms with Crippen molar-refractivity contribution >= 4 is 17.8 Å². The number of amides is 2. The highest BCUT2D eigenvalue weighted by Gasteiger charge is 2.20. The highest BCUT2D eigenvalue weighted by Crippen LogP contribution is 2.04. The zero-order valence-electron chi connectivity index (χ0n) is 13.4. The first-order chi connectivity index (χ1) is 9.81. The summed E-state index contributed by atoms with van der Waals surface area (Å²) in [5.41, 5.74) is 0. The van der Waals surface area contributed by atoms with Gasteiger partial charge >= 0.3 is 5.97 Å². The monoisotopic (exact) mass is 301 g/mol. The molecule has 7 heteroatoms. The first-order valence-corrected chi connectivity index (χ1v) is 7.28. The summed E-state index contributed by atoms with van der Waals surface area (Å²) in [6.07, 6.45) is 0.835. The average Bonchev–Trinajstić information content (AvgIpc) is 2.41. The smallest absolute Gasteiger partial charge is 0.304 e. The van der Waals surface area contributed by atoms with Crippen molar-refractivity contribution in [3.63, 3.8) is 0 Å². The lowest BCUT2D eigenvalue weighted by molar-refractivity contribution is -0.140. The van der Waals surface area contributed by atoms with E-state index in [0.29, 0.717) is 13.1 Å². The van der Waals surface area contributed by atoms with E-state index in [1.54, 1.807) is 18.9 Å². The molecule has 0 aliphatic heterocycles. The number of hydrogen-bond donors (Lipinski definition) is 2. The van der Waals surface area contributed by atoms with Crippen LogP contribution in [0.4, 0.5) is 0 Å². The Labute approximate surface area is 126 Å². The van der Waals surface area contributed by atoms with Crippen molar-refractivity contribution < 1.29 is 19.5 Å². The van der Waals surface area contributed by atoms with Crippen LogP contribution in [0, 0.1) is 0 Å². The Morgan fingerprint density at radius 1 is 1.19 bits per heavy atom. The van der Waals surface area contributed by atoms with Gasteiger partial charge in [0.25, 0.3) is 0 Å². The quantitative estimate of drug-likeness (QED) is 0.600. The van der Waals surface area contributed by atoms with Gasteiger partial charge in [-0.3, -0.25) is 19.3 Å². The third kappa shape index (κ3) is 8.29. The van der Waals surface area contributed by atoms with Crippen LogP contribution in [0.5, 0.6) is 0 Å². The second kappa shape index (κ2) is 10.1. The number of aliphatic carboxylic acids is 1. The van der Waals surface area contributed by atoms with Gasteiger partial charge in [0, 0.05) is 19.6 Å². The van der Waals surface area contributed by atoms with Crippen molar-refractivity contribution in [2.24, 2.45) is 0 Å². The Morgan fingerprint density at radius 2 is 1.81 bits per heavy atom. The molecule has 1 atom stereocenters. The Bertz CT molecular complexity index is 360. The second-order valence-electron chi connectivity index (χ2n) is 5.11. The lowest BCUT2D eigenvalue weighted by atomic mass is 10.2. The number of carboxylic acids is 1. The maximum absolute atomic E-state index is 12.1. The first-order valence-electron chi connectivity index (χ1n) is 7.28. The molecule has 7 nitrogen and oxygen atoms in total. The third-order valence-corrected chi connectivity index (χ3v) is 3.22. The molecule has 0 bridgehead atoms. The summed E-state index contributed by atoms with van der Waals surface area (Å²) in [7, 11) is 1.57. The summed E-state index contributed by atoms with van der Waals surface area (Å²) in [6.45, 7) is 6.91. The highest BCUT2D eigenvalue weighted by atomic mass is 16.4. The summed E-state index contributed by atoms with van der Waals surface area (Å²) < 4.78 is 0. The summed E-state index contributed by atoms with van der Waals surface area (Å²) in [5, 5.41) is 11.5. The van der Waals surface area contributed by atoms with E-state index in [4.69, 9.17) is 5.11 Å². The van der Waals surface area contributed by atoms with Crippen molar-refractivity contribution in [2.75, 3.05) is 33.2 Å². The largest absolute Gasteiger partial charge is 0.481 e. The molecular weight excluding hydrogens is 274 g/mol. The van der Waals surface area contributed by atoms with E-state index in [-0.39, 0.29) is 37.4 Å². The van der Waals surface area contributed by atoms with Gasteiger partial charge in [-0.1, -0.05) is 13.8 Å². The van der Waals surface area contributed by atoms with E-state index in [2.05, 4.69) is 5.32 Å². The number of nitrogens with zero attached hydrogens (tertiary/aromatic N) is 2. The van der Waals surface area contributed by atoms with Crippen molar-refractivity contribution in [3.05, 3.63) is 0 Å². The first kappa shape index (κ1) is 19.4. The Hall–Kier alpha value is -1.63. The Balaban J connectivity index is 4.35. The molecule has 0 aromatic carbocycles. The molecule has 0 aromatic heterocycles. The predicted octanol–water partition coefficient (Wildman–Crippen LogP) is 0.156. The molecule has 2 amide bonds. The third-order valence-electron chi connectivity index (χ3n) is 3.22. The summed E-state index contributed by atoms with van der Waals surface area (Å²) in [6, 6.07) is -0.223. The molecule has 0 radical (unpaired) electrons. The molecule has 0 heterocycles. The number of carbonyl (C=O) groups excluding carboxylic acids is 2. The summed E-state index contributed by atoms with van der Waals surface area (Å²) >= 11 is 0. The van der Waals surface area contributed by atoms with Crippen LogP contribution in [0.25, 0.3) is 0 Å². The van der Waals surface area contributed by atoms with E-state index >= 15 is 0 Å². The highest BCUT2D eigenvalue weighted by molar-refractivity contribution is 5.85. The summed E-state index contributed by atoms with van der Waals surface area (Å²) in [4.78, 5) is 37.5. The van der Waals surface area contributed by atoms with Gasteiger partial charge < -0.3 is 15.3 Å². The normalized spacial score (nSPS) is 12.0. The molecule has 0 fully saturated rings. The van der Waals surface area contributed by atoms with E-state index in [0.717, 1.165) is 6.42 Å². The molecule has 0 rings (SSSR count). The zero-order valence-corrected chi connectivity index (χ0v) is 13.4. The predicted molar refractivity (Wildman–Crippen MR) is 79.9 cm³/mol. The van der Waals surface area contributed by atoms with Crippen LogP contribution in [-0.4, -0.2) is 72.0 Å². The molecule has 21 heavy (non-hydrogen) atoms. The lowest BCUT2D eigenvalue weighted by Gasteiger charge is -2.28. The average molecular weight is 301 g/mol. The number of hydrogen-bond acceptors (Lipinski definition) is 4. The van der Waals surface area contributed by atoms with Crippen molar-refractivity contribution in [1.29, 1.82) is 0 Å². The van der Waals surface area contributed by atoms with Crippen LogP contribution >= 0.6 is 0 Å². The number of nitrogens with one attached hydrogen (secondary N) is 1. The SMILES string of the molecule is CCCNC(=O)CN(C)C(=O)CN(CC)C(C)CC(=O)O. The molecule has 0 saturated heterocycles. The van der Waals surface area contributed by atoms with Gasteiger partial charge in [0.15, 0.2) is 0 Å². The Kier molecular flexibility index (Phi) is 9.36. The fourth-order valence-corrected chi connectivity index (χ4v) is 1.88. The van der Waals surface area contributed by atoms with Gasteiger partial charge in [-0.25, -0.2) is 0 Å². The maximum atomic E-state index is 12.1. The van der Waals surface area contributed by atoms with Crippen LogP contribution in [0.2, 0.25) is 0 Å². The number of likely N-dealkylation sites (N-methyl/N-ethyl adjacent to an activating group) is 2. The second-order valence-corrected chi connectivity index (χ2v) is 5.11. The van der Waals surface area contributed by atoms with Crippen molar-refractivity contribution in [1.82, 2.24) is 15.1 Å². The van der Waals surface area contributed by atoms with Crippen LogP contribution in [0.3, 0.4) is 0 Å². The van der Waals surface area contributed by atoms with Crippen molar-refractivity contribution in [3.8, 4) is 0 Å². The number of carbonyl (C=O) groups is 3. The molecule has 0 aliphatic carbocycles. The molecule has 1 unspecified atom stereocenters. The fraction of sp³-hybridized carbons (Fsp3) is 0.786. The fourth-order valence-electron chi connectivity index (χ4n) is 1.88. The van der Waals surface area contributed by atoms with Crippen LogP contribution in [0.15, 0.2) is 0 Å². The topological polar surface area (TPSA) is 90.0 Å². The van der Waals surface area contributed by atoms with Crippen LogP contribution in [0.1, 0.15) is 33.6 Å². The van der Waals surface area contributed by atoms with Crippen LogP contribution < -0.4 is 5.32 Å². The van der Waals surface area contributed by atoms with Gasteiger partial charge in [-0.15, -0.1) is 0 Å². The van der Waals surface area contributed by atoms with Gasteiger partial charge in [0.1, 0.15) is 0 Å². The standard InChI is InChI=1S/C14H27N3O4/c1-5-7-15-12(18)9-16(4)13(19)10-17(6-2)11(3)8-14(20)21/h11H,5-10H2,1-4H3,(H,15,18)(H,20,21). The lowest BCUT2D eigenvalue weighted by Crippen LogP contribution is -2.45. The van der Waals surface area contributed by atoms with E-state index in [1.165, 1.54) is 4.90 Å². The number of rotatable bonds is 10. The summed E-state index contributed by atoms with van der Waals surface area (Å²) in [5.74, 6) is -1.27. The van der Waals surface area contributed by atoms with Gasteiger partial charge in [0.2, 0.25) is 11.8 Å². The van der Waals surface area contributed by atoms with Gasteiger partial charge in [0.05, 0.1) is 19.5 Å². The molecule has 0 aliphatic rings. The molecule has 0 aromatic rings. The Morgan fingerprint density at radius 3 is 2.29 bits per heavy atom. The molecular formula is C14H27N3O4. The number of carboxylic acid groups (broad SMARTS) is 1. The molecule has 0 saturated carbocycles. The van der Waals surface area contributed by atoms with E-state index < -0.39 is 5.97 Å². The molecule has 2 N–H and O–H groups in total. The minimum absolute atomic E-state index is 0.0121. The molecule has 122 valence electrons. The van der Waals surface area contributed by atoms with Gasteiger partial charge in [-0.2, -0.15) is 0 Å². The van der Waals surface area contributed by atoms with Crippen LogP contribution in [-0.2, 0) is 14.4 Å². The zero-order chi connectivity index (χ0) is 16.4. The van der Waals surface area contributed by atoms with Crippen molar-refractivity contribution in [2.45, 2.75) is 39.7 Å². The molecule has 0 spiro atoms. The maximum Gasteiger partial charge on any atom is 0.304 e. The minimum Gasteiger partial charge on any atom is -0.481 e. The van der Waals surface area contributed by atoms with E-state index in [9.17, 15) is 14.4 Å². The minimum atomic E-state index is -0.888. The van der Waals surface area contributed by atoms with Gasteiger partial charge in [-0.05, 0) is 19.9 Å².